The summed E-state index contributed by atoms with van der Waals surface area (Å²) in [6, 6.07) is 3.47. The summed E-state index contributed by atoms with van der Waals surface area (Å²) in [6.07, 6.45) is 2.92. The number of hydrogen-bond donors (Lipinski definition) is 2. The molecule has 0 aliphatic carbocycles. The van der Waals surface area contributed by atoms with Crippen LogP contribution in [-0.4, -0.2) is 40.2 Å². The van der Waals surface area contributed by atoms with Crippen LogP contribution >= 0.6 is 0 Å². The molecule has 2 rings (SSSR count). The first-order valence-electron chi connectivity index (χ1n) is 5.82. The van der Waals surface area contributed by atoms with Crippen molar-refractivity contribution in [3.63, 3.8) is 0 Å². The molecule has 0 bridgehead atoms. The summed E-state index contributed by atoms with van der Waals surface area (Å²) in [5.41, 5.74) is 1.05. The number of anilines is 1. The van der Waals surface area contributed by atoms with E-state index in [0.29, 0.717) is 18.9 Å². The normalized spacial score (nSPS) is 20.1. The highest BCUT2D eigenvalue weighted by atomic mass is 16.3. The lowest BCUT2D eigenvalue weighted by Crippen LogP contribution is -2.44. The number of likely N-dealkylation sites (tertiary alicyclic amines) is 1. The number of carbonyl (C=O) groups is 1. The minimum atomic E-state index is -0.402. The molecule has 2 N–H and O–H groups in total. The molecule has 2 heterocycles. The van der Waals surface area contributed by atoms with Gasteiger partial charge in [0.25, 0.3) is 0 Å². The highest BCUT2D eigenvalue weighted by Gasteiger charge is 2.22. The number of amides is 2. The van der Waals surface area contributed by atoms with Gasteiger partial charge in [-0.05, 0) is 31.4 Å². The Hall–Kier alpha value is -1.62. The van der Waals surface area contributed by atoms with Gasteiger partial charge in [-0.15, -0.1) is 0 Å². The Labute approximate surface area is 100 Å². The molecular formula is C12H17N3O2. The van der Waals surface area contributed by atoms with Crippen LogP contribution in [0.1, 0.15) is 18.4 Å². The summed E-state index contributed by atoms with van der Waals surface area (Å²) in [7, 11) is 0. The zero-order valence-corrected chi connectivity index (χ0v) is 9.89. The Kier molecular flexibility index (Phi) is 3.58. The van der Waals surface area contributed by atoms with E-state index in [1.165, 1.54) is 0 Å². The Bertz CT molecular complexity index is 391. The lowest BCUT2D eigenvalue weighted by Gasteiger charge is -2.29. The molecule has 17 heavy (non-hydrogen) atoms. The molecule has 0 saturated carbocycles. The smallest absolute Gasteiger partial charge is 0.323 e. The number of carbonyl (C=O) groups excluding carboxylic acids is 1. The Balaban J connectivity index is 1.94. The average Bonchev–Trinajstić information content (AvgIpc) is 2.32. The van der Waals surface area contributed by atoms with Crippen molar-refractivity contribution in [2.45, 2.75) is 25.9 Å². The SMILES string of the molecule is Cc1ccc(NC(=O)N2CCC[C@H](O)C2)nc1. The number of aliphatic hydroxyl groups is 1. The van der Waals surface area contributed by atoms with Gasteiger partial charge in [-0.3, -0.25) is 5.32 Å². The summed E-state index contributed by atoms with van der Waals surface area (Å²) in [4.78, 5) is 17.6. The number of nitrogens with zero attached hydrogens (tertiary/aromatic N) is 2. The third kappa shape index (κ3) is 3.17. The first-order valence-corrected chi connectivity index (χ1v) is 5.82. The molecule has 2 amide bonds. The van der Waals surface area contributed by atoms with Crippen molar-refractivity contribution >= 4 is 11.8 Å². The summed E-state index contributed by atoms with van der Waals surface area (Å²) in [6.45, 7) is 3.03. The largest absolute Gasteiger partial charge is 0.391 e. The van der Waals surface area contributed by atoms with Crippen molar-refractivity contribution in [1.29, 1.82) is 0 Å². The second-order valence-corrected chi connectivity index (χ2v) is 4.39. The number of urea groups is 1. The predicted octanol–water partition coefficient (Wildman–Crippen LogP) is 1.38. The molecule has 1 aromatic heterocycles. The van der Waals surface area contributed by atoms with Gasteiger partial charge >= 0.3 is 6.03 Å². The molecule has 1 atom stereocenters. The average molecular weight is 235 g/mol. The van der Waals surface area contributed by atoms with Crippen LogP contribution in [0.15, 0.2) is 18.3 Å². The maximum Gasteiger partial charge on any atom is 0.323 e. The predicted molar refractivity (Wildman–Crippen MR) is 64.8 cm³/mol. The van der Waals surface area contributed by atoms with Crippen LogP contribution < -0.4 is 5.32 Å². The fourth-order valence-corrected chi connectivity index (χ4v) is 1.87. The lowest BCUT2D eigenvalue weighted by molar-refractivity contribution is 0.0883. The Morgan fingerprint density at radius 1 is 1.59 bits per heavy atom. The van der Waals surface area contributed by atoms with Gasteiger partial charge in [0.2, 0.25) is 0 Å². The molecule has 5 heteroatoms. The van der Waals surface area contributed by atoms with Crippen molar-refractivity contribution in [2.75, 3.05) is 18.4 Å². The summed E-state index contributed by atoms with van der Waals surface area (Å²) in [5, 5.41) is 12.2. The minimum Gasteiger partial charge on any atom is -0.391 e. The van der Waals surface area contributed by atoms with Crippen LogP contribution in [0.5, 0.6) is 0 Å². The molecule has 1 fully saturated rings. The summed E-state index contributed by atoms with van der Waals surface area (Å²) >= 11 is 0. The number of aromatic nitrogens is 1. The van der Waals surface area contributed by atoms with E-state index in [1.54, 1.807) is 17.2 Å². The molecule has 0 spiro atoms. The summed E-state index contributed by atoms with van der Waals surface area (Å²) < 4.78 is 0. The molecule has 1 aromatic rings. The van der Waals surface area contributed by atoms with Crippen LogP contribution in [0.2, 0.25) is 0 Å². The number of aryl methyl sites for hydroxylation is 1. The van der Waals surface area contributed by atoms with Crippen LogP contribution in [-0.2, 0) is 0 Å². The molecule has 1 saturated heterocycles. The van der Waals surface area contributed by atoms with E-state index in [2.05, 4.69) is 10.3 Å². The van der Waals surface area contributed by atoms with Crippen molar-refractivity contribution in [1.82, 2.24) is 9.88 Å². The molecule has 92 valence electrons. The zero-order valence-electron chi connectivity index (χ0n) is 9.89. The van der Waals surface area contributed by atoms with Crippen LogP contribution in [0.4, 0.5) is 10.6 Å². The second-order valence-electron chi connectivity index (χ2n) is 4.39. The van der Waals surface area contributed by atoms with E-state index < -0.39 is 6.10 Å². The van der Waals surface area contributed by atoms with E-state index in [1.807, 2.05) is 13.0 Å². The topological polar surface area (TPSA) is 65.5 Å². The number of hydrogen-bond acceptors (Lipinski definition) is 3. The van der Waals surface area contributed by atoms with Gasteiger partial charge in [0.15, 0.2) is 0 Å². The Morgan fingerprint density at radius 3 is 3.06 bits per heavy atom. The number of nitrogens with one attached hydrogen (secondary N) is 1. The molecule has 1 aliphatic rings. The highest BCUT2D eigenvalue weighted by Crippen LogP contribution is 2.12. The molecule has 1 aliphatic heterocycles. The summed E-state index contributed by atoms with van der Waals surface area (Å²) in [5.74, 6) is 0.542. The van der Waals surface area contributed by atoms with E-state index in [4.69, 9.17) is 0 Å². The van der Waals surface area contributed by atoms with Crippen molar-refractivity contribution in [3.8, 4) is 0 Å². The Morgan fingerprint density at radius 2 is 2.41 bits per heavy atom. The van der Waals surface area contributed by atoms with E-state index in [0.717, 1.165) is 18.4 Å². The highest BCUT2D eigenvalue weighted by molar-refractivity contribution is 5.88. The van der Waals surface area contributed by atoms with Gasteiger partial charge in [-0.25, -0.2) is 9.78 Å². The fraction of sp³-hybridized carbons (Fsp3) is 0.500. The van der Waals surface area contributed by atoms with Crippen molar-refractivity contribution in [3.05, 3.63) is 23.9 Å². The first kappa shape index (κ1) is 11.9. The van der Waals surface area contributed by atoms with Crippen LogP contribution in [0.25, 0.3) is 0 Å². The van der Waals surface area contributed by atoms with Crippen molar-refractivity contribution < 1.29 is 9.90 Å². The lowest BCUT2D eigenvalue weighted by atomic mass is 10.1. The van der Waals surface area contributed by atoms with E-state index in [-0.39, 0.29) is 6.03 Å². The zero-order chi connectivity index (χ0) is 12.3. The third-order valence-electron chi connectivity index (χ3n) is 2.83. The molecular weight excluding hydrogens is 218 g/mol. The fourth-order valence-electron chi connectivity index (χ4n) is 1.87. The van der Waals surface area contributed by atoms with Gasteiger partial charge in [-0.2, -0.15) is 0 Å². The quantitative estimate of drug-likeness (QED) is 0.772. The molecule has 0 aromatic carbocycles. The van der Waals surface area contributed by atoms with Crippen LogP contribution in [0.3, 0.4) is 0 Å². The number of pyridine rings is 1. The van der Waals surface area contributed by atoms with E-state index >= 15 is 0 Å². The maximum atomic E-state index is 11.9. The molecule has 5 nitrogen and oxygen atoms in total. The third-order valence-corrected chi connectivity index (χ3v) is 2.83. The maximum absolute atomic E-state index is 11.9. The monoisotopic (exact) mass is 235 g/mol. The number of piperidine rings is 1. The standard InChI is InChI=1S/C12H17N3O2/c1-9-4-5-11(13-7-9)14-12(17)15-6-2-3-10(16)8-15/h4-5,7,10,16H,2-3,6,8H2,1H3,(H,13,14,17)/t10-/m0/s1. The first-order chi connectivity index (χ1) is 8.15. The number of β-amino-alcohol motifs (C(OH)–C–C–N with tert-alkyl or cyclic N) is 1. The van der Waals surface area contributed by atoms with Gasteiger partial charge in [0.05, 0.1) is 6.10 Å². The van der Waals surface area contributed by atoms with Gasteiger partial charge in [-0.1, -0.05) is 6.07 Å². The van der Waals surface area contributed by atoms with Gasteiger partial charge in [0.1, 0.15) is 5.82 Å². The molecule has 0 unspecified atom stereocenters. The minimum absolute atomic E-state index is 0.194. The van der Waals surface area contributed by atoms with Crippen molar-refractivity contribution in [2.24, 2.45) is 0 Å². The second kappa shape index (κ2) is 5.14. The van der Waals surface area contributed by atoms with Gasteiger partial charge < -0.3 is 10.0 Å². The van der Waals surface area contributed by atoms with Crippen LogP contribution in [0, 0.1) is 6.92 Å². The molecule has 0 radical (unpaired) electrons. The number of aliphatic hydroxyl groups excluding tert-OH is 1. The van der Waals surface area contributed by atoms with E-state index in [9.17, 15) is 9.90 Å². The number of rotatable bonds is 1. The van der Waals surface area contributed by atoms with Gasteiger partial charge in [0, 0.05) is 19.3 Å².